The van der Waals surface area contributed by atoms with Crippen LogP contribution in [0.3, 0.4) is 0 Å². The molecule has 0 unspecified atom stereocenters. The van der Waals surface area contributed by atoms with Crippen LogP contribution in [0.1, 0.15) is 24.0 Å². The lowest BCUT2D eigenvalue weighted by molar-refractivity contribution is -0.140. The zero-order chi connectivity index (χ0) is 21.9. The van der Waals surface area contributed by atoms with E-state index in [0.717, 1.165) is 29.8 Å². The van der Waals surface area contributed by atoms with Gasteiger partial charge in [-0.25, -0.2) is 4.79 Å². The van der Waals surface area contributed by atoms with Crippen molar-refractivity contribution in [3.05, 3.63) is 65.7 Å². The van der Waals surface area contributed by atoms with E-state index in [2.05, 4.69) is 10.1 Å². The van der Waals surface area contributed by atoms with Gasteiger partial charge in [-0.05, 0) is 36.1 Å². The van der Waals surface area contributed by atoms with Gasteiger partial charge < -0.3 is 24.4 Å². The molecule has 1 aliphatic rings. The van der Waals surface area contributed by atoms with Crippen LogP contribution in [-0.2, 0) is 27.3 Å². The average Bonchev–Trinajstić information content (AvgIpc) is 2.82. The number of methoxy groups -OCH3 is 1. The molecule has 31 heavy (non-hydrogen) atoms. The molecule has 1 N–H and O–H groups in total. The number of aryl methyl sites for hydroxylation is 1. The molecule has 0 spiro atoms. The molecule has 1 fully saturated rings. The number of benzene rings is 2. The molecule has 0 aliphatic carbocycles. The monoisotopic (exact) mass is 426 g/mol. The summed E-state index contributed by atoms with van der Waals surface area (Å²) in [6.45, 7) is 2.81. The zero-order valence-electron chi connectivity index (χ0n) is 17.9. The summed E-state index contributed by atoms with van der Waals surface area (Å²) < 4.78 is 15.9. The summed E-state index contributed by atoms with van der Waals surface area (Å²) in [6, 6.07) is 17.6. The lowest BCUT2D eigenvalue weighted by Crippen LogP contribution is -2.53. The summed E-state index contributed by atoms with van der Waals surface area (Å²) in [4.78, 5) is 25.3. The summed E-state index contributed by atoms with van der Waals surface area (Å²) >= 11 is 0. The smallest absolute Gasteiger partial charge is 0.410 e. The first kappa shape index (κ1) is 22.6. The molecule has 166 valence electrons. The van der Waals surface area contributed by atoms with E-state index in [1.165, 1.54) is 7.11 Å². The molecule has 7 nitrogen and oxygen atoms in total. The number of rotatable bonds is 9. The topological polar surface area (TPSA) is 77.1 Å². The third-order valence-electron chi connectivity index (χ3n) is 5.22. The zero-order valence-corrected chi connectivity index (χ0v) is 17.9. The summed E-state index contributed by atoms with van der Waals surface area (Å²) in [5.74, 6) is 0.579. The van der Waals surface area contributed by atoms with Crippen molar-refractivity contribution < 1.29 is 23.8 Å². The summed E-state index contributed by atoms with van der Waals surface area (Å²) in [5.41, 5.74) is 2.05. The Bertz CT molecular complexity index is 826. The van der Waals surface area contributed by atoms with Crippen molar-refractivity contribution in [2.24, 2.45) is 0 Å². The highest BCUT2D eigenvalue weighted by Crippen LogP contribution is 2.15. The molecule has 2 aromatic rings. The van der Waals surface area contributed by atoms with Gasteiger partial charge in [0.05, 0.1) is 13.7 Å². The van der Waals surface area contributed by atoms with Crippen LogP contribution >= 0.6 is 0 Å². The second-order valence-electron chi connectivity index (χ2n) is 7.49. The Morgan fingerprint density at radius 1 is 1.06 bits per heavy atom. The number of esters is 1. The fourth-order valence-corrected chi connectivity index (χ4v) is 3.42. The SMILES string of the molecule is COC(=O)CCc1ccc(OCC[C@@H]2CN(C(=O)OCc3ccccc3)CCN2)cc1. The van der Waals surface area contributed by atoms with E-state index in [1.807, 2.05) is 54.6 Å². The Balaban J connectivity index is 1.36. The minimum Gasteiger partial charge on any atom is -0.494 e. The van der Waals surface area contributed by atoms with Crippen molar-refractivity contribution in [1.82, 2.24) is 10.2 Å². The van der Waals surface area contributed by atoms with Crippen molar-refractivity contribution in [2.75, 3.05) is 33.4 Å². The Morgan fingerprint density at radius 3 is 2.58 bits per heavy atom. The number of nitrogens with one attached hydrogen (secondary N) is 1. The number of hydrogen-bond acceptors (Lipinski definition) is 6. The second kappa shape index (κ2) is 12.0. The molecular formula is C24H30N2O5. The Hall–Kier alpha value is -3.06. The van der Waals surface area contributed by atoms with Gasteiger partial charge in [0.1, 0.15) is 12.4 Å². The molecule has 0 saturated carbocycles. The largest absolute Gasteiger partial charge is 0.494 e. The van der Waals surface area contributed by atoms with Gasteiger partial charge in [-0.2, -0.15) is 0 Å². The van der Waals surface area contributed by atoms with Gasteiger partial charge in [0.15, 0.2) is 0 Å². The lowest BCUT2D eigenvalue weighted by atomic mass is 10.1. The van der Waals surface area contributed by atoms with Crippen LogP contribution in [0.4, 0.5) is 4.79 Å². The van der Waals surface area contributed by atoms with E-state index in [-0.39, 0.29) is 24.7 Å². The number of carbonyl (C=O) groups excluding carboxylic acids is 2. The standard InChI is InChI=1S/C24H30N2O5/c1-29-23(27)12-9-19-7-10-22(11-8-19)30-16-13-21-17-26(15-14-25-21)24(28)31-18-20-5-3-2-4-6-20/h2-8,10-11,21,25H,9,12-18H2,1H3/t21-/m1/s1. The molecule has 0 radical (unpaired) electrons. The van der Waals surface area contributed by atoms with Crippen LogP contribution in [0.25, 0.3) is 0 Å². The molecule has 1 heterocycles. The van der Waals surface area contributed by atoms with E-state index < -0.39 is 0 Å². The molecule has 1 saturated heterocycles. The van der Waals surface area contributed by atoms with Crippen LogP contribution in [0.5, 0.6) is 5.75 Å². The summed E-state index contributed by atoms with van der Waals surface area (Å²) in [5, 5.41) is 3.43. The van der Waals surface area contributed by atoms with Crippen molar-refractivity contribution in [1.29, 1.82) is 0 Å². The normalized spacial score (nSPS) is 15.9. The molecule has 2 aromatic carbocycles. The van der Waals surface area contributed by atoms with Crippen molar-refractivity contribution >= 4 is 12.1 Å². The van der Waals surface area contributed by atoms with Crippen LogP contribution < -0.4 is 10.1 Å². The fourth-order valence-electron chi connectivity index (χ4n) is 3.42. The maximum Gasteiger partial charge on any atom is 0.410 e. The van der Waals surface area contributed by atoms with Crippen LogP contribution in [0, 0.1) is 0 Å². The number of piperazine rings is 1. The summed E-state index contributed by atoms with van der Waals surface area (Å²) in [7, 11) is 1.40. The van der Waals surface area contributed by atoms with Crippen molar-refractivity contribution in [2.45, 2.75) is 31.9 Å². The van der Waals surface area contributed by atoms with E-state index in [9.17, 15) is 9.59 Å². The van der Waals surface area contributed by atoms with Crippen LogP contribution in [-0.4, -0.2) is 56.4 Å². The van der Waals surface area contributed by atoms with Gasteiger partial charge in [0.25, 0.3) is 0 Å². The predicted molar refractivity (Wildman–Crippen MR) is 117 cm³/mol. The molecule has 3 rings (SSSR count). The van der Waals surface area contributed by atoms with Crippen molar-refractivity contribution in [3.8, 4) is 5.75 Å². The lowest BCUT2D eigenvalue weighted by Gasteiger charge is -2.33. The molecule has 1 aliphatic heterocycles. The maximum absolute atomic E-state index is 12.4. The number of hydrogen-bond donors (Lipinski definition) is 1. The molecule has 1 atom stereocenters. The molecular weight excluding hydrogens is 396 g/mol. The van der Waals surface area contributed by atoms with Crippen molar-refractivity contribution in [3.63, 3.8) is 0 Å². The van der Waals surface area contributed by atoms with Gasteiger partial charge >= 0.3 is 12.1 Å². The quantitative estimate of drug-likeness (QED) is 0.621. The van der Waals surface area contributed by atoms with Crippen LogP contribution in [0.2, 0.25) is 0 Å². The van der Waals surface area contributed by atoms with Gasteiger partial charge in [-0.15, -0.1) is 0 Å². The number of ether oxygens (including phenoxy) is 3. The van der Waals surface area contributed by atoms with E-state index in [0.29, 0.717) is 32.5 Å². The van der Waals surface area contributed by atoms with E-state index >= 15 is 0 Å². The van der Waals surface area contributed by atoms with Gasteiger partial charge in [-0.1, -0.05) is 42.5 Å². The third-order valence-corrected chi connectivity index (χ3v) is 5.22. The number of amides is 1. The minimum atomic E-state index is -0.279. The molecule has 0 bridgehead atoms. The van der Waals surface area contributed by atoms with Gasteiger partial charge in [-0.3, -0.25) is 4.79 Å². The number of carbonyl (C=O) groups is 2. The van der Waals surface area contributed by atoms with E-state index in [1.54, 1.807) is 4.90 Å². The third kappa shape index (κ3) is 7.61. The first-order valence-corrected chi connectivity index (χ1v) is 10.6. The second-order valence-corrected chi connectivity index (χ2v) is 7.49. The number of nitrogens with zero attached hydrogens (tertiary/aromatic N) is 1. The average molecular weight is 427 g/mol. The highest BCUT2D eigenvalue weighted by molar-refractivity contribution is 5.69. The van der Waals surface area contributed by atoms with E-state index in [4.69, 9.17) is 9.47 Å². The summed E-state index contributed by atoms with van der Waals surface area (Å²) in [6.07, 6.45) is 1.52. The molecule has 1 amide bonds. The highest BCUT2D eigenvalue weighted by Gasteiger charge is 2.24. The maximum atomic E-state index is 12.4. The van der Waals surface area contributed by atoms with Crippen LogP contribution in [0.15, 0.2) is 54.6 Å². The fraction of sp³-hybridized carbons (Fsp3) is 0.417. The predicted octanol–water partition coefficient (Wildman–Crippen LogP) is 3.17. The Kier molecular flexibility index (Phi) is 8.72. The Morgan fingerprint density at radius 2 is 1.84 bits per heavy atom. The first-order chi connectivity index (χ1) is 15.1. The Labute approximate surface area is 183 Å². The first-order valence-electron chi connectivity index (χ1n) is 10.6. The molecule has 7 heteroatoms. The molecule has 0 aromatic heterocycles. The van der Waals surface area contributed by atoms with Gasteiger partial charge in [0.2, 0.25) is 0 Å². The highest BCUT2D eigenvalue weighted by atomic mass is 16.6. The van der Waals surface area contributed by atoms with Gasteiger partial charge in [0, 0.05) is 32.1 Å². The minimum absolute atomic E-state index is 0.164.